The van der Waals surface area contributed by atoms with Gasteiger partial charge >= 0.3 is 0 Å². The molecule has 0 unspecified atom stereocenters. The molecule has 2 aliphatic heterocycles. The average Bonchev–Trinajstić information content (AvgIpc) is 2.61. The molecule has 0 aromatic carbocycles. The average molecular weight is 360 g/mol. The first-order chi connectivity index (χ1) is 11.2. The molecular formula is C18H34ClN3O2. The smallest absolute Gasteiger partial charge is 0.223 e. The van der Waals surface area contributed by atoms with Gasteiger partial charge in [0.25, 0.3) is 0 Å². The van der Waals surface area contributed by atoms with Crippen LogP contribution in [0.1, 0.15) is 51.9 Å². The Morgan fingerprint density at radius 3 is 2.62 bits per heavy atom. The van der Waals surface area contributed by atoms with E-state index in [2.05, 4.69) is 22.5 Å². The summed E-state index contributed by atoms with van der Waals surface area (Å²) in [5.41, 5.74) is 0.177. The molecule has 0 spiro atoms. The van der Waals surface area contributed by atoms with Crippen molar-refractivity contribution < 1.29 is 9.53 Å². The summed E-state index contributed by atoms with van der Waals surface area (Å²) in [7, 11) is 0. The highest BCUT2D eigenvalue weighted by atomic mass is 35.5. The molecule has 1 amide bonds. The lowest BCUT2D eigenvalue weighted by atomic mass is 9.79. The molecule has 3 aliphatic rings. The summed E-state index contributed by atoms with van der Waals surface area (Å²) in [5, 5.41) is 6.76. The summed E-state index contributed by atoms with van der Waals surface area (Å²) in [6, 6.07) is 0.461. The van der Waals surface area contributed by atoms with E-state index in [0.29, 0.717) is 6.04 Å². The van der Waals surface area contributed by atoms with Gasteiger partial charge in [0.15, 0.2) is 0 Å². The van der Waals surface area contributed by atoms with Gasteiger partial charge in [-0.05, 0) is 39.2 Å². The van der Waals surface area contributed by atoms with Gasteiger partial charge < -0.3 is 15.4 Å². The lowest BCUT2D eigenvalue weighted by Crippen LogP contribution is -2.60. The van der Waals surface area contributed by atoms with Gasteiger partial charge in [-0.2, -0.15) is 0 Å². The Bertz CT molecular complexity index is 396. The lowest BCUT2D eigenvalue weighted by Gasteiger charge is -2.48. The molecule has 1 aliphatic carbocycles. The van der Waals surface area contributed by atoms with Gasteiger partial charge in [0, 0.05) is 37.1 Å². The fourth-order valence-corrected chi connectivity index (χ4v) is 4.62. The van der Waals surface area contributed by atoms with Crippen molar-refractivity contribution in [2.75, 3.05) is 39.4 Å². The minimum absolute atomic E-state index is 0. The molecule has 0 radical (unpaired) electrons. The zero-order chi connectivity index (χ0) is 16.1. The number of carbonyl (C=O) groups is 1. The largest absolute Gasteiger partial charge is 0.379 e. The topological polar surface area (TPSA) is 53.6 Å². The summed E-state index contributed by atoms with van der Waals surface area (Å²) in [6.45, 7) is 7.66. The Morgan fingerprint density at radius 2 is 1.96 bits per heavy atom. The van der Waals surface area contributed by atoms with Crippen LogP contribution < -0.4 is 10.6 Å². The third-order valence-electron chi connectivity index (χ3n) is 6.05. The Hall–Kier alpha value is -0.360. The summed E-state index contributed by atoms with van der Waals surface area (Å²) in [6.07, 6.45) is 8.30. The number of carbonyl (C=O) groups excluding carboxylic acids is 1. The predicted octanol–water partition coefficient (Wildman–Crippen LogP) is 1.95. The van der Waals surface area contributed by atoms with Crippen LogP contribution in [0.2, 0.25) is 0 Å². The van der Waals surface area contributed by atoms with Gasteiger partial charge in [0.05, 0.1) is 13.2 Å². The summed E-state index contributed by atoms with van der Waals surface area (Å²) in [5.74, 6) is 0.466. The Morgan fingerprint density at radius 1 is 1.25 bits per heavy atom. The van der Waals surface area contributed by atoms with Crippen LogP contribution in [-0.2, 0) is 9.53 Å². The first-order valence-corrected chi connectivity index (χ1v) is 9.53. The Labute approximate surface area is 152 Å². The molecule has 2 saturated heterocycles. The van der Waals surface area contributed by atoms with Gasteiger partial charge in [0.2, 0.25) is 5.91 Å². The zero-order valence-electron chi connectivity index (χ0n) is 15.0. The van der Waals surface area contributed by atoms with Crippen LogP contribution in [0.5, 0.6) is 0 Å². The molecule has 0 aromatic heterocycles. The minimum Gasteiger partial charge on any atom is -0.379 e. The Kier molecular flexibility index (Phi) is 7.79. The number of morpholine rings is 1. The van der Waals surface area contributed by atoms with Gasteiger partial charge in [0.1, 0.15) is 0 Å². The van der Waals surface area contributed by atoms with Crippen LogP contribution in [0.25, 0.3) is 0 Å². The molecule has 0 aromatic rings. The van der Waals surface area contributed by atoms with Crippen molar-refractivity contribution in [2.24, 2.45) is 5.92 Å². The third kappa shape index (κ3) is 4.84. The fraction of sp³-hybridized carbons (Fsp3) is 0.944. The molecule has 1 saturated carbocycles. The molecule has 5 nitrogen and oxygen atoms in total. The number of piperidine rings is 1. The highest BCUT2D eigenvalue weighted by Crippen LogP contribution is 2.34. The molecule has 140 valence electrons. The highest BCUT2D eigenvalue weighted by Gasteiger charge is 2.39. The van der Waals surface area contributed by atoms with E-state index in [4.69, 9.17) is 4.74 Å². The molecular weight excluding hydrogens is 326 g/mol. The number of amides is 1. The normalized spacial score (nSPS) is 31.0. The number of rotatable bonds is 4. The standard InChI is InChI=1S/C18H33N3O2.ClH/c1-15-13-16(5-8-19-15)17(22)20-14-18(6-3-2-4-7-18)21-9-11-23-12-10-21;/h15-16,19H,2-14H2,1H3,(H,20,22);1H/t15-,16-;/m0./s1. The van der Waals surface area contributed by atoms with Crippen molar-refractivity contribution in [3.8, 4) is 0 Å². The maximum atomic E-state index is 12.6. The van der Waals surface area contributed by atoms with E-state index in [1.165, 1.54) is 32.1 Å². The van der Waals surface area contributed by atoms with E-state index in [1.54, 1.807) is 0 Å². The molecule has 2 N–H and O–H groups in total. The number of hydrogen-bond acceptors (Lipinski definition) is 4. The second-order valence-corrected chi connectivity index (χ2v) is 7.68. The maximum Gasteiger partial charge on any atom is 0.223 e. The molecule has 3 fully saturated rings. The number of ether oxygens (including phenoxy) is 1. The van der Waals surface area contributed by atoms with E-state index in [9.17, 15) is 4.79 Å². The maximum absolute atomic E-state index is 12.6. The van der Waals surface area contributed by atoms with Crippen LogP contribution in [0.3, 0.4) is 0 Å². The lowest BCUT2D eigenvalue weighted by molar-refractivity contribution is -0.127. The number of halogens is 1. The van der Waals surface area contributed by atoms with Gasteiger partial charge in [-0.1, -0.05) is 19.3 Å². The Balaban J connectivity index is 0.00000208. The summed E-state index contributed by atoms with van der Waals surface area (Å²) >= 11 is 0. The van der Waals surface area contributed by atoms with E-state index < -0.39 is 0 Å². The van der Waals surface area contributed by atoms with Gasteiger partial charge in [-0.15, -0.1) is 12.4 Å². The van der Waals surface area contributed by atoms with E-state index in [-0.39, 0.29) is 29.8 Å². The number of nitrogens with one attached hydrogen (secondary N) is 2. The van der Waals surface area contributed by atoms with Crippen molar-refractivity contribution in [1.82, 2.24) is 15.5 Å². The molecule has 3 rings (SSSR count). The summed E-state index contributed by atoms with van der Waals surface area (Å²) < 4.78 is 5.53. The molecule has 0 bridgehead atoms. The van der Waals surface area contributed by atoms with Crippen molar-refractivity contribution in [3.63, 3.8) is 0 Å². The minimum atomic E-state index is 0. The molecule has 2 heterocycles. The number of nitrogens with zero attached hydrogens (tertiary/aromatic N) is 1. The highest BCUT2D eigenvalue weighted by molar-refractivity contribution is 5.85. The van der Waals surface area contributed by atoms with Crippen LogP contribution in [0.15, 0.2) is 0 Å². The molecule has 2 atom stereocenters. The van der Waals surface area contributed by atoms with Crippen LogP contribution in [0.4, 0.5) is 0 Å². The third-order valence-corrected chi connectivity index (χ3v) is 6.05. The summed E-state index contributed by atoms with van der Waals surface area (Å²) in [4.78, 5) is 15.2. The van der Waals surface area contributed by atoms with Crippen molar-refractivity contribution in [3.05, 3.63) is 0 Å². The van der Waals surface area contributed by atoms with E-state index >= 15 is 0 Å². The van der Waals surface area contributed by atoms with E-state index in [1.807, 2.05) is 0 Å². The molecule has 6 heteroatoms. The van der Waals surface area contributed by atoms with Gasteiger partial charge in [-0.25, -0.2) is 0 Å². The van der Waals surface area contributed by atoms with Crippen LogP contribution in [-0.4, -0.2) is 61.8 Å². The van der Waals surface area contributed by atoms with E-state index in [0.717, 1.165) is 52.2 Å². The van der Waals surface area contributed by atoms with Crippen molar-refractivity contribution in [2.45, 2.75) is 63.5 Å². The molecule has 24 heavy (non-hydrogen) atoms. The van der Waals surface area contributed by atoms with Crippen LogP contribution in [0, 0.1) is 5.92 Å². The second-order valence-electron chi connectivity index (χ2n) is 7.68. The van der Waals surface area contributed by atoms with Crippen molar-refractivity contribution >= 4 is 18.3 Å². The quantitative estimate of drug-likeness (QED) is 0.805. The first-order valence-electron chi connectivity index (χ1n) is 9.53. The van der Waals surface area contributed by atoms with Crippen molar-refractivity contribution in [1.29, 1.82) is 0 Å². The number of hydrogen-bond donors (Lipinski definition) is 2. The zero-order valence-corrected chi connectivity index (χ0v) is 15.8. The SMILES string of the molecule is C[C@H]1C[C@@H](C(=O)NCC2(N3CCOCC3)CCCCC2)CCN1.Cl. The predicted molar refractivity (Wildman–Crippen MR) is 98.7 cm³/mol. The van der Waals surface area contributed by atoms with Crippen LogP contribution >= 0.6 is 12.4 Å². The monoisotopic (exact) mass is 359 g/mol. The second kappa shape index (κ2) is 9.37. The first kappa shape index (κ1) is 20.0. The fourth-order valence-electron chi connectivity index (χ4n) is 4.62. The van der Waals surface area contributed by atoms with Gasteiger partial charge in [-0.3, -0.25) is 9.69 Å².